The minimum atomic E-state index is -0.119. The fourth-order valence-corrected chi connectivity index (χ4v) is 3.96. The van der Waals surface area contributed by atoms with Gasteiger partial charge >= 0.3 is 0 Å². The van der Waals surface area contributed by atoms with Crippen LogP contribution >= 0.6 is 0 Å². The molecule has 1 spiro atoms. The lowest BCUT2D eigenvalue weighted by atomic mass is 9.71. The Morgan fingerprint density at radius 2 is 2.09 bits per heavy atom. The van der Waals surface area contributed by atoms with E-state index in [4.69, 9.17) is 4.74 Å². The summed E-state index contributed by atoms with van der Waals surface area (Å²) in [6, 6.07) is 0. The molecule has 3 rings (SSSR count). The molecular weight excluding hydrogens is 292 g/mol. The van der Waals surface area contributed by atoms with Crippen molar-refractivity contribution < 1.29 is 9.53 Å². The quantitative estimate of drug-likeness (QED) is 0.894. The molecule has 0 unspecified atom stereocenters. The van der Waals surface area contributed by atoms with Gasteiger partial charge in [-0.05, 0) is 45.7 Å². The first kappa shape index (κ1) is 16.5. The van der Waals surface area contributed by atoms with Gasteiger partial charge in [0.05, 0.1) is 12.0 Å². The molecule has 0 atom stereocenters. The minimum absolute atomic E-state index is 0.119. The number of hydrogen-bond donors (Lipinski definition) is 1. The molecule has 1 aromatic rings. The van der Waals surface area contributed by atoms with Crippen LogP contribution in [0.1, 0.15) is 37.2 Å². The standard InChI is InChI=1S/C17H28N4O2/c1-14-18-12-15(19-14)13-20-8-5-17(6-9-20)4-3-7-21(16(17)22)10-11-23-2/h12H,3-11,13H2,1-2H3,(H,18,19). The lowest BCUT2D eigenvalue weighted by molar-refractivity contribution is -0.150. The van der Waals surface area contributed by atoms with E-state index in [9.17, 15) is 4.79 Å². The number of piperidine rings is 2. The third kappa shape index (κ3) is 3.58. The van der Waals surface area contributed by atoms with Crippen LogP contribution in [-0.2, 0) is 16.1 Å². The van der Waals surface area contributed by atoms with E-state index >= 15 is 0 Å². The second-order valence-electron chi connectivity index (χ2n) is 6.94. The van der Waals surface area contributed by atoms with Crippen molar-refractivity contribution >= 4 is 5.91 Å². The molecule has 1 N–H and O–H groups in total. The lowest BCUT2D eigenvalue weighted by Crippen LogP contribution is -2.54. The van der Waals surface area contributed by atoms with Crippen molar-refractivity contribution in [3.05, 3.63) is 17.7 Å². The van der Waals surface area contributed by atoms with Crippen molar-refractivity contribution in [3.8, 4) is 0 Å². The third-order valence-electron chi connectivity index (χ3n) is 5.35. The summed E-state index contributed by atoms with van der Waals surface area (Å²) in [4.78, 5) is 24.9. The number of carbonyl (C=O) groups is 1. The Bertz CT molecular complexity index is 534. The van der Waals surface area contributed by atoms with Crippen LogP contribution in [0.3, 0.4) is 0 Å². The molecule has 3 heterocycles. The highest BCUT2D eigenvalue weighted by Gasteiger charge is 2.45. The molecule has 6 nitrogen and oxygen atoms in total. The number of nitrogens with one attached hydrogen (secondary N) is 1. The number of nitrogens with zero attached hydrogens (tertiary/aromatic N) is 3. The first-order chi connectivity index (χ1) is 11.1. The number of hydrogen-bond acceptors (Lipinski definition) is 4. The zero-order valence-electron chi connectivity index (χ0n) is 14.3. The summed E-state index contributed by atoms with van der Waals surface area (Å²) < 4.78 is 5.14. The number of likely N-dealkylation sites (tertiary alicyclic amines) is 2. The van der Waals surface area contributed by atoms with Gasteiger partial charge in [0.1, 0.15) is 5.82 Å². The van der Waals surface area contributed by atoms with Gasteiger partial charge in [0.25, 0.3) is 0 Å². The summed E-state index contributed by atoms with van der Waals surface area (Å²) in [6.45, 7) is 7.11. The molecule has 0 aromatic carbocycles. The number of rotatable bonds is 5. The number of methoxy groups -OCH3 is 1. The van der Waals surface area contributed by atoms with E-state index in [-0.39, 0.29) is 5.41 Å². The van der Waals surface area contributed by atoms with E-state index in [1.165, 1.54) is 0 Å². The smallest absolute Gasteiger partial charge is 0.228 e. The number of aromatic amines is 1. The number of H-pyrrole nitrogens is 1. The average molecular weight is 320 g/mol. The highest BCUT2D eigenvalue weighted by Crippen LogP contribution is 2.41. The molecule has 0 aliphatic carbocycles. The number of aromatic nitrogens is 2. The van der Waals surface area contributed by atoms with Crippen molar-refractivity contribution in [2.45, 2.75) is 39.2 Å². The molecule has 2 saturated heterocycles. The molecule has 23 heavy (non-hydrogen) atoms. The molecule has 0 saturated carbocycles. The minimum Gasteiger partial charge on any atom is -0.383 e. The average Bonchev–Trinajstić information content (AvgIpc) is 2.96. The van der Waals surface area contributed by atoms with E-state index in [0.717, 1.165) is 69.9 Å². The maximum absolute atomic E-state index is 12.9. The maximum atomic E-state index is 12.9. The highest BCUT2D eigenvalue weighted by molar-refractivity contribution is 5.83. The van der Waals surface area contributed by atoms with Crippen LogP contribution in [0.5, 0.6) is 0 Å². The zero-order chi connectivity index (χ0) is 16.3. The number of imidazole rings is 1. The Balaban J connectivity index is 1.57. The fraction of sp³-hybridized carbons (Fsp3) is 0.765. The Hall–Kier alpha value is -1.40. The SMILES string of the molecule is COCCN1CCCC2(CCN(Cc3cnc(C)[nH]3)CC2)C1=O. The summed E-state index contributed by atoms with van der Waals surface area (Å²) in [5, 5.41) is 0. The monoisotopic (exact) mass is 320 g/mol. The van der Waals surface area contributed by atoms with E-state index in [0.29, 0.717) is 12.5 Å². The highest BCUT2D eigenvalue weighted by atomic mass is 16.5. The summed E-state index contributed by atoms with van der Waals surface area (Å²) in [7, 11) is 1.69. The zero-order valence-corrected chi connectivity index (χ0v) is 14.3. The normalized spacial score (nSPS) is 22.0. The van der Waals surface area contributed by atoms with Crippen molar-refractivity contribution in [3.63, 3.8) is 0 Å². The topological polar surface area (TPSA) is 61.5 Å². The van der Waals surface area contributed by atoms with Gasteiger partial charge < -0.3 is 14.6 Å². The first-order valence-corrected chi connectivity index (χ1v) is 8.64. The van der Waals surface area contributed by atoms with Gasteiger partial charge in [-0.1, -0.05) is 0 Å². The number of ether oxygens (including phenoxy) is 1. The Morgan fingerprint density at radius 1 is 1.30 bits per heavy atom. The van der Waals surface area contributed by atoms with Gasteiger partial charge in [0.15, 0.2) is 0 Å². The summed E-state index contributed by atoms with van der Waals surface area (Å²) >= 11 is 0. The van der Waals surface area contributed by atoms with Crippen LogP contribution in [0.2, 0.25) is 0 Å². The van der Waals surface area contributed by atoms with E-state index in [1.807, 2.05) is 18.0 Å². The summed E-state index contributed by atoms with van der Waals surface area (Å²) in [5.41, 5.74) is 1.04. The van der Waals surface area contributed by atoms with Crippen LogP contribution in [0, 0.1) is 12.3 Å². The summed E-state index contributed by atoms with van der Waals surface area (Å²) in [6.07, 6.45) is 6.03. The largest absolute Gasteiger partial charge is 0.383 e. The van der Waals surface area contributed by atoms with Gasteiger partial charge in [-0.15, -0.1) is 0 Å². The maximum Gasteiger partial charge on any atom is 0.228 e. The van der Waals surface area contributed by atoms with Gasteiger partial charge in [-0.25, -0.2) is 4.98 Å². The second-order valence-corrected chi connectivity index (χ2v) is 6.94. The molecule has 2 aliphatic rings. The molecule has 0 bridgehead atoms. The predicted octanol–water partition coefficient (Wildman–Crippen LogP) is 1.57. The Morgan fingerprint density at radius 3 is 2.74 bits per heavy atom. The van der Waals surface area contributed by atoms with Crippen LogP contribution in [0.4, 0.5) is 0 Å². The molecule has 2 fully saturated rings. The molecule has 2 aliphatic heterocycles. The number of carbonyl (C=O) groups excluding carboxylic acids is 1. The molecule has 1 aromatic heterocycles. The third-order valence-corrected chi connectivity index (χ3v) is 5.35. The second kappa shape index (κ2) is 7.01. The van der Waals surface area contributed by atoms with Crippen molar-refractivity contribution in [2.24, 2.45) is 5.41 Å². The van der Waals surface area contributed by atoms with E-state index in [1.54, 1.807) is 7.11 Å². The van der Waals surface area contributed by atoms with Gasteiger partial charge in [-0.3, -0.25) is 9.69 Å². The van der Waals surface area contributed by atoms with E-state index < -0.39 is 0 Å². The van der Waals surface area contributed by atoms with Crippen LogP contribution in [0.15, 0.2) is 6.20 Å². The van der Waals surface area contributed by atoms with E-state index in [2.05, 4.69) is 14.9 Å². The lowest BCUT2D eigenvalue weighted by Gasteiger charge is -2.46. The van der Waals surface area contributed by atoms with Crippen LogP contribution in [-0.4, -0.2) is 65.6 Å². The molecule has 128 valence electrons. The molecule has 1 amide bonds. The van der Waals surface area contributed by atoms with Crippen LogP contribution in [0.25, 0.3) is 0 Å². The van der Waals surface area contributed by atoms with Crippen molar-refractivity contribution in [1.29, 1.82) is 0 Å². The van der Waals surface area contributed by atoms with Crippen molar-refractivity contribution in [2.75, 3.05) is 39.9 Å². The number of amides is 1. The van der Waals surface area contributed by atoms with Crippen LogP contribution < -0.4 is 0 Å². The predicted molar refractivity (Wildman–Crippen MR) is 88.0 cm³/mol. The first-order valence-electron chi connectivity index (χ1n) is 8.64. The van der Waals surface area contributed by atoms with Gasteiger partial charge in [-0.2, -0.15) is 0 Å². The summed E-state index contributed by atoms with van der Waals surface area (Å²) in [5.74, 6) is 1.32. The molecule has 6 heteroatoms. The molecule has 0 radical (unpaired) electrons. The van der Waals surface area contributed by atoms with Gasteiger partial charge in [0, 0.05) is 38.6 Å². The van der Waals surface area contributed by atoms with Gasteiger partial charge in [0.2, 0.25) is 5.91 Å². The van der Waals surface area contributed by atoms with Crippen molar-refractivity contribution in [1.82, 2.24) is 19.8 Å². The Labute approximate surface area is 138 Å². The number of aryl methyl sites for hydroxylation is 1. The Kier molecular flexibility index (Phi) is 5.02. The fourth-order valence-electron chi connectivity index (χ4n) is 3.96. The molecular formula is C17H28N4O2.